The summed E-state index contributed by atoms with van der Waals surface area (Å²) in [6, 6.07) is 7.96. The number of thiocarbonyl (C=S) groups is 1. The average Bonchev–Trinajstić information content (AvgIpc) is 2.31. The number of hydrogen-bond acceptors (Lipinski definition) is 3. The van der Waals surface area contributed by atoms with Crippen molar-refractivity contribution in [3.05, 3.63) is 34.3 Å². The highest BCUT2D eigenvalue weighted by Crippen LogP contribution is 2.39. The van der Waals surface area contributed by atoms with Gasteiger partial charge in [0.1, 0.15) is 0 Å². The lowest BCUT2D eigenvalue weighted by molar-refractivity contribution is -0.0590. The molecule has 1 fully saturated rings. The molecular formula is C13H16BrNO2S. The molecule has 0 amide bonds. The van der Waals surface area contributed by atoms with Gasteiger partial charge in [-0.15, -0.1) is 0 Å². The molecule has 3 N–H and O–H groups in total. The lowest BCUT2D eigenvalue weighted by atomic mass is 9.70. The zero-order valence-electron chi connectivity index (χ0n) is 9.93. The molecule has 5 heteroatoms. The minimum absolute atomic E-state index is 0.328. The number of halogens is 1. The van der Waals surface area contributed by atoms with Gasteiger partial charge in [-0.25, -0.2) is 0 Å². The van der Waals surface area contributed by atoms with Gasteiger partial charge in [0.05, 0.1) is 17.7 Å². The minimum Gasteiger partial charge on any atom is -0.393 e. The maximum Gasteiger partial charge on any atom is 0.0874 e. The summed E-state index contributed by atoms with van der Waals surface area (Å²) in [4.78, 5) is 0.427. The Kier molecular flexibility index (Phi) is 4.37. The van der Waals surface area contributed by atoms with Crippen molar-refractivity contribution in [3.63, 3.8) is 0 Å². The third kappa shape index (κ3) is 2.74. The normalized spacial score (nSPS) is 28.0. The molecule has 1 heterocycles. The topological polar surface area (TPSA) is 55.5 Å². The molecule has 0 saturated carbocycles. The van der Waals surface area contributed by atoms with Crippen LogP contribution in [-0.4, -0.2) is 29.4 Å². The van der Waals surface area contributed by atoms with Crippen LogP contribution >= 0.6 is 28.1 Å². The third-order valence-corrected chi connectivity index (χ3v) is 4.13. The molecule has 2 atom stereocenters. The van der Waals surface area contributed by atoms with Gasteiger partial charge in [-0.2, -0.15) is 0 Å². The Morgan fingerprint density at radius 1 is 1.61 bits per heavy atom. The van der Waals surface area contributed by atoms with Crippen LogP contribution in [-0.2, 0) is 10.2 Å². The van der Waals surface area contributed by atoms with Gasteiger partial charge in [-0.3, -0.25) is 0 Å². The predicted molar refractivity (Wildman–Crippen MR) is 78.7 cm³/mol. The zero-order valence-corrected chi connectivity index (χ0v) is 12.3. The Labute approximate surface area is 120 Å². The molecule has 0 spiro atoms. The van der Waals surface area contributed by atoms with E-state index in [1.54, 1.807) is 0 Å². The molecule has 3 nitrogen and oxygen atoms in total. The summed E-state index contributed by atoms with van der Waals surface area (Å²) in [6.07, 6.45) is 0.646. The zero-order chi connectivity index (χ0) is 13.2. The van der Waals surface area contributed by atoms with Crippen molar-refractivity contribution in [2.24, 2.45) is 5.73 Å². The van der Waals surface area contributed by atoms with Crippen LogP contribution < -0.4 is 5.73 Å². The third-order valence-electron chi connectivity index (χ3n) is 3.50. The summed E-state index contributed by atoms with van der Waals surface area (Å²) in [6.45, 7) is 0.946. The molecule has 0 radical (unpaired) electrons. The van der Waals surface area contributed by atoms with Gasteiger partial charge >= 0.3 is 0 Å². The van der Waals surface area contributed by atoms with E-state index in [4.69, 9.17) is 22.7 Å². The van der Waals surface area contributed by atoms with Gasteiger partial charge in [0.15, 0.2) is 0 Å². The Balaban J connectivity index is 2.43. The molecule has 1 aromatic rings. The number of aliphatic hydroxyl groups excluding tert-OH is 1. The predicted octanol–water partition coefficient (Wildman–Crippen LogP) is 2.14. The van der Waals surface area contributed by atoms with Gasteiger partial charge in [-0.1, -0.05) is 40.3 Å². The van der Waals surface area contributed by atoms with Gasteiger partial charge in [0.2, 0.25) is 0 Å². The Hall–Kier alpha value is -0.490. The summed E-state index contributed by atoms with van der Waals surface area (Å²) in [5.41, 5.74) is 6.35. The average molecular weight is 330 g/mol. The van der Waals surface area contributed by atoms with Crippen LogP contribution in [0.25, 0.3) is 0 Å². The number of aliphatic hydroxyl groups is 1. The van der Waals surface area contributed by atoms with Gasteiger partial charge < -0.3 is 15.6 Å². The molecule has 0 bridgehead atoms. The van der Waals surface area contributed by atoms with Crippen LogP contribution in [0.15, 0.2) is 28.7 Å². The lowest BCUT2D eigenvalue weighted by Crippen LogP contribution is -2.49. The Morgan fingerprint density at radius 3 is 3.00 bits per heavy atom. The Bertz CT molecular complexity index is 454. The standard InChI is InChI=1S/C13H16BrNO2S/c14-10-3-1-2-9(6-10)13(7-12(15)18)4-5-17-8-11(13)16/h1-3,6,11,16H,4-5,7-8H2,(H2,15,18)/t11-,13+/m0/s1. The van der Waals surface area contributed by atoms with E-state index in [-0.39, 0.29) is 0 Å². The number of hydrogen-bond donors (Lipinski definition) is 2. The molecule has 1 aliphatic rings. The van der Waals surface area contributed by atoms with E-state index in [2.05, 4.69) is 15.9 Å². The summed E-state index contributed by atoms with van der Waals surface area (Å²) in [7, 11) is 0. The quantitative estimate of drug-likeness (QED) is 0.834. The molecule has 0 unspecified atom stereocenters. The fourth-order valence-electron chi connectivity index (χ4n) is 2.53. The van der Waals surface area contributed by atoms with Crippen molar-refractivity contribution < 1.29 is 9.84 Å². The summed E-state index contributed by atoms with van der Waals surface area (Å²) < 4.78 is 6.31. The highest BCUT2D eigenvalue weighted by atomic mass is 79.9. The summed E-state index contributed by atoms with van der Waals surface area (Å²) in [5, 5.41) is 10.4. The van der Waals surface area contributed by atoms with Crippen LogP contribution in [0.1, 0.15) is 18.4 Å². The number of benzene rings is 1. The van der Waals surface area contributed by atoms with E-state index in [1.165, 1.54) is 0 Å². The van der Waals surface area contributed by atoms with E-state index in [9.17, 15) is 5.11 Å². The van der Waals surface area contributed by atoms with Crippen molar-refractivity contribution in [1.82, 2.24) is 0 Å². The van der Waals surface area contributed by atoms with Crippen molar-refractivity contribution >= 4 is 33.1 Å². The lowest BCUT2D eigenvalue weighted by Gasteiger charge is -2.41. The largest absolute Gasteiger partial charge is 0.393 e. The van der Waals surface area contributed by atoms with Crippen LogP contribution in [0.5, 0.6) is 0 Å². The number of ether oxygens (including phenoxy) is 1. The SMILES string of the molecule is NC(=S)C[C@@]1(c2cccc(Br)c2)CCOC[C@@H]1O. The molecule has 1 aromatic carbocycles. The highest BCUT2D eigenvalue weighted by Gasteiger charge is 2.42. The molecule has 1 saturated heterocycles. The maximum atomic E-state index is 10.4. The maximum absolute atomic E-state index is 10.4. The van der Waals surface area contributed by atoms with Gasteiger partial charge in [0, 0.05) is 22.9 Å². The van der Waals surface area contributed by atoms with E-state index in [0.717, 1.165) is 16.5 Å². The first-order valence-corrected chi connectivity index (χ1v) is 7.05. The summed E-state index contributed by atoms with van der Waals surface area (Å²) in [5.74, 6) is 0. The fourth-order valence-corrected chi connectivity index (χ4v) is 3.19. The molecule has 2 rings (SSSR count). The fraction of sp³-hybridized carbons (Fsp3) is 0.462. The first-order valence-electron chi connectivity index (χ1n) is 5.85. The molecule has 0 aliphatic carbocycles. The molecule has 18 heavy (non-hydrogen) atoms. The van der Waals surface area contributed by atoms with Crippen LogP contribution in [0.4, 0.5) is 0 Å². The molecule has 0 aromatic heterocycles. The van der Waals surface area contributed by atoms with Crippen LogP contribution in [0.3, 0.4) is 0 Å². The van der Waals surface area contributed by atoms with E-state index < -0.39 is 11.5 Å². The first kappa shape index (κ1) is 13.9. The van der Waals surface area contributed by atoms with E-state index >= 15 is 0 Å². The monoisotopic (exact) mass is 329 g/mol. The molecule has 98 valence electrons. The number of rotatable bonds is 3. The van der Waals surface area contributed by atoms with Gasteiger partial charge in [0.25, 0.3) is 0 Å². The minimum atomic E-state index is -0.581. The van der Waals surface area contributed by atoms with Crippen LogP contribution in [0, 0.1) is 0 Å². The van der Waals surface area contributed by atoms with E-state index in [1.807, 2.05) is 24.3 Å². The molecular weight excluding hydrogens is 314 g/mol. The molecule has 1 aliphatic heterocycles. The second-order valence-corrected chi connectivity index (χ2v) is 6.09. The smallest absolute Gasteiger partial charge is 0.0874 e. The van der Waals surface area contributed by atoms with Crippen molar-refractivity contribution in [2.75, 3.05) is 13.2 Å². The van der Waals surface area contributed by atoms with E-state index in [0.29, 0.717) is 24.6 Å². The first-order chi connectivity index (χ1) is 8.54. The second-order valence-electron chi connectivity index (χ2n) is 4.65. The summed E-state index contributed by atoms with van der Waals surface area (Å²) >= 11 is 8.51. The van der Waals surface area contributed by atoms with Crippen molar-refractivity contribution in [3.8, 4) is 0 Å². The van der Waals surface area contributed by atoms with Gasteiger partial charge in [-0.05, 0) is 24.1 Å². The van der Waals surface area contributed by atoms with Crippen molar-refractivity contribution in [1.29, 1.82) is 0 Å². The highest BCUT2D eigenvalue weighted by molar-refractivity contribution is 9.10. The number of nitrogens with two attached hydrogens (primary N) is 1. The van der Waals surface area contributed by atoms with Crippen molar-refractivity contribution in [2.45, 2.75) is 24.4 Å². The van der Waals surface area contributed by atoms with Crippen LogP contribution in [0.2, 0.25) is 0 Å². The Morgan fingerprint density at radius 2 is 2.39 bits per heavy atom. The second kappa shape index (κ2) is 5.65.